The second-order valence-corrected chi connectivity index (χ2v) is 4.33. The van der Waals surface area contributed by atoms with Gasteiger partial charge in [0.2, 0.25) is 0 Å². The van der Waals surface area contributed by atoms with E-state index in [2.05, 4.69) is 0 Å². The number of hydrogen-bond donors (Lipinski definition) is 2. The topological polar surface area (TPSA) is 58.9 Å². The van der Waals surface area contributed by atoms with Gasteiger partial charge in [-0.1, -0.05) is 13.8 Å². The van der Waals surface area contributed by atoms with E-state index in [1.807, 2.05) is 13.8 Å². The van der Waals surface area contributed by atoms with Crippen molar-refractivity contribution >= 4 is 0 Å². The molecular weight excluding hydrogens is 220 g/mol. The second kappa shape index (κ2) is 5.89. The molecule has 0 fully saturated rings. The summed E-state index contributed by atoms with van der Waals surface area (Å²) in [5, 5.41) is 19.9. The molecule has 0 aliphatic heterocycles. The fourth-order valence-electron chi connectivity index (χ4n) is 1.56. The molecule has 0 aromatic heterocycles. The highest BCUT2D eigenvalue weighted by Gasteiger charge is 2.22. The minimum atomic E-state index is -0.945. The lowest BCUT2D eigenvalue weighted by molar-refractivity contribution is -0.00956. The Hall–Kier alpha value is -1.26. The van der Waals surface area contributed by atoms with Crippen LogP contribution in [-0.4, -0.2) is 30.5 Å². The molecule has 96 valence electrons. The average Bonchev–Trinajstić information content (AvgIpc) is 2.35. The first kappa shape index (κ1) is 13.8. The molecule has 0 saturated heterocycles. The zero-order valence-electron chi connectivity index (χ0n) is 10.7. The minimum absolute atomic E-state index is 0.0257. The Kier molecular flexibility index (Phi) is 4.78. The van der Waals surface area contributed by atoms with E-state index < -0.39 is 12.2 Å². The quantitative estimate of drug-likeness (QED) is 0.823. The summed E-state index contributed by atoms with van der Waals surface area (Å²) in [7, 11) is 3.09. The number of ether oxygens (including phenoxy) is 2. The van der Waals surface area contributed by atoms with E-state index >= 15 is 0 Å². The third kappa shape index (κ3) is 3.35. The summed E-state index contributed by atoms with van der Waals surface area (Å²) in [4.78, 5) is 0. The molecule has 17 heavy (non-hydrogen) atoms. The third-order valence-corrected chi connectivity index (χ3v) is 2.72. The van der Waals surface area contributed by atoms with Gasteiger partial charge in [0, 0.05) is 6.07 Å². The first-order valence-electron chi connectivity index (χ1n) is 5.58. The molecule has 4 nitrogen and oxygen atoms in total. The van der Waals surface area contributed by atoms with E-state index in [4.69, 9.17) is 9.47 Å². The van der Waals surface area contributed by atoms with Crippen molar-refractivity contribution in [2.24, 2.45) is 5.92 Å². The standard InChI is InChI=1S/C13H20O4/c1-8(2)12(14)13(15)9-5-10(16-3)7-11(6-9)17-4/h5-8,12-15H,1-4H3. The van der Waals surface area contributed by atoms with Crippen LogP contribution < -0.4 is 9.47 Å². The van der Waals surface area contributed by atoms with Crippen molar-refractivity contribution in [3.63, 3.8) is 0 Å². The number of benzene rings is 1. The van der Waals surface area contributed by atoms with Gasteiger partial charge in [-0.25, -0.2) is 0 Å². The van der Waals surface area contributed by atoms with Gasteiger partial charge in [0.15, 0.2) is 0 Å². The van der Waals surface area contributed by atoms with Crippen molar-refractivity contribution in [3.8, 4) is 11.5 Å². The zero-order chi connectivity index (χ0) is 13.0. The van der Waals surface area contributed by atoms with Crippen LogP contribution in [-0.2, 0) is 0 Å². The normalized spacial score (nSPS) is 14.5. The molecule has 4 heteroatoms. The number of methoxy groups -OCH3 is 2. The van der Waals surface area contributed by atoms with Gasteiger partial charge >= 0.3 is 0 Å². The third-order valence-electron chi connectivity index (χ3n) is 2.72. The molecule has 0 bridgehead atoms. The highest BCUT2D eigenvalue weighted by Crippen LogP contribution is 2.29. The summed E-state index contributed by atoms with van der Waals surface area (Å²) in [6.07, 6.45) is -1.76. The lowest BCUT2D eigenvalue weighted by Gasteiger charge is -2.22. The predicted molar refractivity (Wildman–Crippen MR) is 65.4 cm³/mol. The molecule has 0 aliphatic rings. The number of aliphatic hydroxyl groups is 2. The summed E-state index contributed by atoms with van der Waals surface area (Å²) in [5.41, 5.74) is 0.586. The predicted octanol–water partition coefficient (Wildman–Crippen LogP) is 1.75. The molecule has 1 aromatic rings. The SMILES string of the molecule is COc1cc(OC)cc(C(O)C(O)C(C)C)c1. The molecule has 0 aliphatic carbocycles. The Labute approximate surface area is 102 Å². The van der Waals surface area contributed by atoms with Gasteiger partial charge in [-0.3, -0.25) is 0 Å². The molecule has 2 atom stereocenters. The van der Waals surface area contributed by atoms with Crippen LogP contribution in [0, 0.1) is 5.92 Å². The van der Waals surface area contributed by atoms with Crippen molar-refractivity contribution in [2.45, 2.75) is 26.1 Å². The van der Waals surface area contributed by atoms with Crippen LogP contribution in [0.2, 0.25) is 0 Å². The summed E-state index contributed by atoms with van der Waals surface area (Å²) in [6.45, 7) is 3.70. The van der Waals surface area contributed by atoms with Crippen molar-refractivity contribution in [1.82, 2.24) is 0 Å². The first-order valence-corrected chi connectivity index (χ1v) is 5.58. The summed E-state index contributed by atoms with van der Waals surface area (Å²) < 4.78 is 10.2. The van der Waals surface area contributed by atoms with Crippen LogP contribution in [0.5, 0.6) is 11.5 Å². The highest BCUT2D eigenvalue weighted by molar-refractivity contribution is 5.39. The van der Waals surface area contributed by atoms with E-state index in [1.165, 1.54) is 0 Å². The van der Waals surface area contributed by atoms with Gasteiger partial charge in [-0.15, -0.1) is 0 Å². The zero-order valence-corrected chi connectivity index (χ0v) is 10.7. The van der Waals surface area contributed by atoms with Gasteiger partial charge in [0.05, 0.1) is 20.3 Å². The Morgan fingerprint density at radius 3 is 1.76 bits per heavy atom. The lowest BCUT2D eigenvalue weighted by atomic mass is 9.96. The monoisotopic (exact) mass is 240 g/mol. The Bertz CT molecular complexity index is 340. The molecule has 1 aromatic carbocycles. The van der Waals surface area contributed by atoms with Gasteiger partial charge < -0.3 is 19.7 Å². The van der Waals surface area contributed by atoms with Crippen LogP contribution >= 0.6 is 0 Å². The molecule has 0 saturated carbocycles. The largest absolute Gasteiger partial charge is 0.497 e. The summed E-state index contributed by atoms with van der Waals surface area (Å²) >= 11 is 0. The molecular formula is C13H20O4. The van der Waals surface area contributed by atoms with Crippen LogP contribution in [0.3, 0.4) is 0 Å². The van der Waals surface area contributed by atoms with Gasteiger partial charge in [0.1, 0.15) is 17.6 Å². The molecule has 0 spiro atoms. The van der Waals surface area contributed by atoms with E-state index in [0.29, 0.717) is 17.1 Å². The van der Waals surface area contributed by atoms with Crippen LogP contribution in [0.1, 0.15) is 25.5 Å². The highest BCUT2D eigenvalue weighted by atomic mass is 16.5. The molecule has 0 amide bonds. The smallest absolute Gasteiger partial charge is 0.122 e. The molecule has 0 radical (unpaired) electrons. The van der Waals surface area contributed by atoms with Crippen molar-refractivity contribution in [3.05, 3.63) is 23.8 Å². The molecule has 1 rings (SSSR count). The van der Waals surface area contributed by atoms with E-state index in [1.54, 1.807) is 32.4 Å². The fourth-order valence-corrected chi connectivity index (χ4v) is 1.56. The Morgan fingerprint density at radius 1 is 0.941 bits per heavy atom. The Balaban J connectivity index is 3.03. The first-order chi connectivity index (χ1) is 7.99. The van der Waals surface area contributed by atoms with Crippen molar-refractivity contribution in [2.75, 3.05) is 14.2 Å². The summed E-state index contributed by atoms with van der Waals surface area (Å²) in [6, 6.07) is 5.11. The van der Waals surface area contributed by atoms with Crippen molar-refractivity contribution < 1.29 is 19.7 Å². The number of rotatable bonds is 5. The molecule has 2 N–H and O–H groups in total. The average molecular weight is 240 g/mol. The maximum Gasteiger partial charge on any atom is 0.122 e. The second-order valence-electron chi connectivity index (χ2n) is 4.33. The van der Waals surface area contributed by atoms with E-state index in [0.717, 1.165) is 0 Å². The van der Waals surface area contributed by atoms with Gasteiger partial charge in [0.25, 0.3) is 0 Å². The van der Waals surface area contributed by atoms with Gasteiger partial charge in [-0.2, -0.15) is 0 Å². The molecule has 2 unspecified atom stereocenters. The number of hydrogen-bond acceptors (Lipinski definition) is 4. The fraction of sp³-hybridized carbons (Fsp3) is 0.538. The molecule has 0 heterocycles. The number of aliphatic hydroxyl groups excluding tert-OH is 2. The van der Waals surface area contributed by atoms with Gasteiger partial charge in [-0.05, 0) is 23.6 Å². The summed E-state index contributed by atoms with van der Waals surface area (Å²) in [5.74, 6) is 1.16. The van der Waals surface area contributed by atoms with Crippen molar-refractivity contribution in [1.29, 1.82) is 0 Å². The van der Waals surface area contributed by atoms with Crippen LogP contribution in [0.4, 0.5) is 0 Å². The van der Waals surface area contributed by atoms with E-state index in [-0.39, 0.29) is 5.92 Å². The Morgan fingerprint density at radius 2 is 1.41 bits per heavy atom. The van der Waals surface area contributed by atoms with Crippen LogP contribution in [0.25, 0.3) is 0 Å². The van der Waals surface area contributed by atoms with E-state index in [9.17, 15) is 10.2 Å². The lowest BCUT2D eigenvalue weighted by Crippen LogP contribution is -2.23. The minimum Gasteiger partial charge on any atom is -0.497 e. The maximum absolute atomic E-state index is 10.0. The van der Waals surface area contributed by atoms with Crippen LogP contribution in [0.15, 0.2) is 18.2 Å². The maximum atomic E-state index is 10.0.